The molecule has 0 aliphatic rings. The maximum Gasteiger partial charge on any atom is 0.262 e. The van der Waals surface area contributed by atoms with Gasteiger partial charge in [-0.05, 0) is 62.6 Å². The molecule has 1 aromatic carbocycles. The van der Waals surface area contributed by atoms with Crippen LogP contribution in [0.1, 0.15) is 48.8 Å². The third-order valence-electron chi connectivity index (χ3n) is 5.15. The monoisotopic (exact) mass is 402 g/mol. The number of benzene rings is 1. The summed E-state index contributed by atoms with van der Waals surface area (Å²) in [6.07, 6.45) is 5.80. The fraction of sp³-hybridized carbons (Fsp3) is 0.304. The molecule has 3 aromatic rings. The lowest BCUT2D eigenvalue weighted by Crippen LogP contribution is -2.27. The molecular formula is C23H26N6O. The number of carbonyl (C=O) groups is 1. The molecule has 0 spiro atoms. The molecule has 3 rings (SSSR count). The average molecular weight is 403 g/mol. The minimum absolute atomic E-state index is 0.0952. The molecular weight excluding hydrogens is 376 g/mol. The Morgan fingerprint density at radius 3 is 2.63 bits per heavy atom. The van der Waals surface area contributed by atoms with E-state index < -0.39 is 0 Å². The Labute approximate surface area is 176 Å². The van der Waals surface area contributed by atoms with Crippen molar-refractivity contribution < 1.29 is 4.79 Å². The smallest absolute Gasteiger partial charge is 0.262 e. The van der Waals surface area contributed by atoms with E-state index >= 15 is 0 Å². The third kappa shape index (κ3) is 4.49. The molecule has 0 radical (unpaired) electrons. The van der Waals surface area contributed by atoms with E-state index in [0.29, 0.717) is 0 Å². The Morgan fingerprint density at radius 2 is 2.03 bits per heavy atom. The van der Waals surface area contributed by atoms with Gasteiger partial charge in [0.2, 0.25) is 0 Å². The van der Waals surface area contributed by atoms with Crippen molar-refractivity contribution >= 4 is 12.0 Å². The molecule has 1 unspecified atom stereocenters. The van der Waals surface area contributed by atoms with Crippen LogP contribution >= 0.6 is 0 Å². The molecule has 2 heterocycles. The van der Waals surface area contributed by atoms with E-state index in [-0.39, 0.29) is 17.5 Å². The van der Waals surface area contributed by atoms with Crippen molar-refractivity contribution in [1.82, 2.24) is 24.6 Å². The first-order chi connectivity index (χ1) is 14.4. The van der Waals surface area contributed by atoms with E-state index in [4.69, 9.17) is 0 Å². The zero-order valence-corrected chi connectivity index (χ0v) is 17.8. The number of nitrogens with one attached hydrogen (secondary N) is 1. The Bertz CT molecular complexity index is 1080. The summed E-state index contributed by atoms with van der Waals surface area (Å²) in [6, 6.07) is 11.5. The van der Waals surface area contributed by atoms with Gasteiger partial charge in [0.05, 0.1) is 11.7 Å². The van der Waals surface area contributed by atoms with Crippen molar-refractivity contribution in [2.75, 3.05) is 0 Å². The zero-order chi connectivity index (χ0) is 21.7. The van der Waals surface area contributed by atoms with E-state index in [1.807, 2.05) is 57.2 Å². The molecule has 0 saturated heterocycles. The number of amides is 1. The minimum Gasteiger partial charge on any atom is -0.349 e. The summed E-state index contributed by atoms with van der Waals surface area (Å²) in [4.78, 5) is 16.7. The van der Waals surface area contributed by atoms with Crippen LogP contribution in [0.15, 0.2) is 48.6 Å². The molecule has 0 saturated carbocycles. The van der Waals surface area contributed by atoms with Crippen LogP contribution in [0.2, 0.25) is 0 Å². The van der Waals surface area contributed by atoms with Crippen LogP contribution in [0.3, 0.4) is 0 Å². The second-order valence-electron chi connectivity index (χ2n) is 7.27. The quantitative estimate of drug-likeness (QED) is 0.480. The highest BCUT2D eigenvalue weighted by Gasteiger charge is 2.16. The number of hydrogen-bond donors (Lipinski definition) is 1. The van der Waals surface area contributed by atoms with Crippen molar-refractivity contribution in [2.24, 2.45) is 0 Å². The molecule has 7 nitrogen and oxygen atoms in total. The van der Waals surface area contributed by atoms with Crippen molar-refractivity contribution in [1.29, 1.82) is 5.26 Å². The average Bonchev–Trinajstić information content (AvgIpc) is 3.37. The minimum atomic E-state index is -0.384. The number of aryl methyl sites for hydroxylation is 1. The van der Waals surface area contributed by atoms with E-state index in [1.54, 1.807) is 17.1 Å². The highest BCUT2D eigenvalue weighted by Crippen LogP contribution is 2.20. The van der Waals surface area contributed by atoms with Gasteiger partial charge in [0.1, 0.15) is 24.3 Å². The first-order valence-electron chi connectivity index (χ1n) is 9.99. The Kier molecular flexibility index (Phi) is 6.48. The fourth-order valence-electron chi connectivity index (χ4n) is 3.46. The molecule has 2 aromatic heterocycles. The third-order valence-corrected chi connectivity index (χ3v) is 5.15. The maximum absolute atomic E-state index is 12.7. The number of nitriles is 1. The first kappa shape index (κ1) is 21.1. The van der Waals surface area contributed by atoms with Crippen molar-refractivity contribution in [2.45, 2.75) is 46.7 Å². The summed E-state index contributed by atoms with van der Waals surface area (Å²) in [7, 11) is 0. The molecule has 0 aliphatic heterocycles. The molecule has 0 bridgehead atoms. The highest BCUT2D eigenvalue weighted by atomic mass is 16.1. The summed E-state index contributed by atoms with van der Waals surface area (Å²) in [6.45, 7) is 8.99. The number of rotatable bonds is 7. The van der Waals surface area contributed by atoms with Gasteiger partial charge < -0.3 is 9.88 Å². The Morgan fingerprint density at radius 1 is 1.30 bits per heavy atom. The summed E-state index contributed by atoms with van der Waals surface area (Å²) in [5.41, 5.74) is 5.00. The van der Waals surface area contributed by atoms with Crippen LogP contribution in [-0.2, 0) is 11.3 Å². The molecule has 7 heteroatoms. The molecule has 1 atom stereocenters. The van der Waals surface area contributed by atoms with Crippen LogP contribution in [0.4, 0.5) is 0 Å². The first-order valence-corrected chi connectivity index (χ1v) is 9.99. The largest absolute Gasteiger partial charge is 0.349 e. The molecule has 1 N–H and O–H groups in total. The van der Waals surface area contributed by atoms with Gasteiger partial charge in [0.25, 0.3) is 5.91 Å². The molecule has 154 valence electrons. The van der Waals surface area contributed by atoms with Crippen LogP contribution in [0.5, 0.6) is 0 Å². The number of hydrogen-bond acceptors (Lipinski definition) is 4. The van der Waals surface area contributed by atoms with E-state index in [1.165, 1.54) is 6.33 Å². The lowest BCUT2D eigenvalue weighted by Gasteiger charge is -2.14. The number of nitrogens with zero attached hydrogens (tertiary/aromatic N) is 5. The lowest BCUT2D eigenvalue weighted by atomic mass is 10.1. The Balaban J connectivity index is 1.74. The van der Waals surface area contributed by atoms with Crippen LogP contribution in [-0.4, -0.2) is 25.2 Å². The predicted octanol–water partition coefficient (Wildman–Crippen LogP) is 3.88. The molecule has 30 heavy (non-hydrogen) atoms. The summed E-state index contributed by atoms with van der Waals surface area (Å²) in [5.74, 6) is -0.384. The summed E-state index contributed by atoms with van der Waals surface area (Å²) in [5, 5.41) is 16.6. The van der Waals surface area contributed by atoms with Gasteiger partial charge in [-0.25, -0.2) is 9.67 Å². The van der Waals surface area contributed by atoms with Crippen molar-refractivity contribution in [3.63, 3.8) is 0 Å². The lowest BCUT2D eigenvalue weighted by molar-refractivity contribution is -0.117. The van der Waals surface area contributed by atoms with Gasteiger partial charge >= 0.3 is 0 Å². The highest BCUT2D eigenvalue weighted by molar-refractivity contribution is 6.02. The number of aromatic nitrogens is 4. The predicted molar refractivity (Wildman–Crippen MR) is 116 cm³/mol. The molecule has 0 aliphatic carbocycles. The SMILES string of the molecule is CCCn1c(C)cc(/C=C(\C#N)C(=O)NC(C)c2ccc(-n3cncn3)cc2)c1C. The second-order valence-corrected chi connectivity index (χ2v) is 7.27. The summed E-state index contributed by atoms with van der Waals surface area (Å²) < 4.78 is 3.87. The number of carbonyl (C=O) groups excluding carboxylic acids is 1. The van der Waals surface area contributed by atoms with Crippen molar-refractivity contribution in [3.05, 3.63) is 71.1 Å². The van der Waals surface area contributed by atoms with Gasteiger partial charge in [-0.2, -0.15) is 10.4 Å². The Hall–Kier alpha value is -3.66. The van der Waals surface area contributed by atoms with Crippen LogP contribution in [0.25, 0.3) is 11.8 Å². The van der Waals surface area contributed by atoms with Crippen molar-refractivity contribution in [3.8, 4) is 11.8 Å². The topological polar surface area (TPSA) is 88.5 Å². The van der Waals surface area contributed by atoms with Gasteiger partial charge in [-0.1, -0.05) is 19.1 Å². The second kappa shape index (κ2) is 9.23. The normalized spacial score (nSPS) is 12.4. The van der Waals surface area contributed by atoms with E-state index in [0.717, 1.165) is 41.2 Å². The van der Waals surface area contributed by atoms with E-state index in [2.05, 4.69) is 26.9 Å². The standard InChI is InChI=1S/C23H26N6O/c1-5-10-28-16(2)11-20(18(28)4)12-21(13-24)23(30)27-17(3)19-6-8-22(9-7-19)29-15-25-14-26-29/h6-9,11-12,14-15,17H,5,10H2,1-4H3,(H,27,30)/b21-12+. The molecule has 0 fully saturated rings. The zero-order valence-electron chi connectivity index (χ0n) is 17.8. The maximum atomic E-state index is 12.7. The van der Waals surface area contributed by atoms with Gasteiger partial charge in [0.15, 0.2) is 0 Å². The van der Waals surface area contributed by atoms with Crippen LogP contribution in [0, 0.1) is 25.2 Å². The van der Waals surface area contributed by atoms with Gasteiger partial charge in [-0.15, -0.1) is 0 Å². The molecule has 1 amide bonds. The fourth-order valence-corrected chi connectivity index (χ4v) is 3.46. The van der Waals surface area contributed by atoms with Gasteiger partial charge in [0, 0.05) is 17.9 Å². The van der Waals surface area contributed by atoms with Crippen LogP contribution < -0.4 is 5.32 Å². The summed E-state index contributed by atoms with van der Waals surface area (Å²) >= 11 is 0. The van der Waals surface area contributed by atoms with Gasteiger partial charge in [-0.3, -0.25) is 4.79 Å². The van der Waals surface area contributed by atoms with E-state index in [9.17, 15) is 10.1 Å².